The lowest BCUT2D eigenvalue weighted by Gasteiger charge is -2.35. The average Bonchev–Trinajstić information content (AvgIpc) is 3.49. The van der Waals surface area contributed by atoms with E-state index in [1.165, 1.54) is 37.7 Å². The maximum Gasteiger partial charge on any atom is 0.223 e. The number of benzene rings is 1. The van der Waals surface area contributed by atoms with Crippen molar-refractivity contribution in [2.75, 3.05) is 26.2 Å². The van der Waals surface area contributed by atoms with Crippen molar-refractivity contribution in [2.24, 2.45) is 11.8 Å². The molecule has 1 N–H and O–H groups in total. The summed E-state index contributed by atoms with van der Waals surface area (Å²) in [7, 11) is 0. The lowest BCUT2D eigenvalue weighted by molar-refractivity contribution is -0.125. The second-order valence-electron chi connectivity index (χ2n) is 7.49. The summed E-state index contributed by atoms with van der Waals surface area (Å²) in [5, 5.41) is 3.23. The van der Waals surface area contributed by atoms with Gasteiger partial charge in [-0.1, -0.05) is 25.5 Å². The van der Waals surface area contributed by atoms with Gasteiger partial charge in [-0.25, -0.2) is 0 Å². The molecule has 1 saturated heterocycles. The van der Waals surface area contributed by atoms with Crippen molar-refractivity contribution in [3.63, 3.8) is 0 Å². The molecule has 138 valence electrons. The van der Waals surface area contributed by atoms with Crippen LogP contribution in [0.3, 0.4) is 0 Å². The van der Waals surface area contributed by atoms with Crippen LogP contribution < -0.4 is 10.1 Å². The molecular weight excluding hydrogens is 312 g/mol. The Balaban J connectivity index is 1.66. The van der Waals surface area contributed by atoms with E-state index in [4.69, 9.17) is 4.74 Å². The monoisotopic (exact) mass is 344 g/mol. The number of amides is 1. The van der Waals surface area contributed by atoms with E-state index in [0.717, 1.165) is 18.8 Å². The summed E-state index contributed by atoms with van der Waals surface area (Å²) >= 11 is 0. The van der Waals surface area contributed by atoms with Crippen LogP contribution in [0.1, 0.15) is 57.6 Å². The van der Waals surface area contributed by atoms with E-state index in [0.29, 0.717) is 19.1 Å². The van der Waals surface area contributed by atoms with Gasteiger partial charge in [0.05, 0.1) is 12.6 Å². The highest BCUT2D eigenvalue weighted by molar-refractivity contribution is 5.78. The first-order valence-electron chi connectivity index (χ1n) is 9.93. The fourth-order valence-corrected chi connectivity index (χ4v) is 3.81. The minimum absolute atomic E-state index is 0.155. The van der Waals surface area contributed by atoms with Gasteiger partial charge in [-0.05, 0) is 69.3 Å². The molecule has 0 aromatic heterocycles. The summed E-state index contributed by atoms with van der Waals surface area (Å²) in [5.41, 5.74) is 1.27. The summed E-state index contributed by atoms with van der Waals surface area (Å²) in [5.74, 6) is 1.90. The topological polar surface area (TPSA) is 41.6 Å². The van der Waals surface area contributed by atoms with Gasteiger partial charge in [0.15, 0.2) is 0 Å². The summed E-state index contributed by atoms with van der Waals surface area (Å²) in [4.78, 5) is 15.0. The Morgan fingerprint density at radius 3 is 2.48 bits per heavy atom. The van der Waals surface area contributed by atoms with E-state index in [1.807, 2.05) is 19.1 Å². The van der Waals surface area contributed by atoms with Crippen LogP contribution in [0.2, 0.25) is 0 Å². The maximum absolute atomic E-state index is 12.4. The van der Waals surface area contributed by atoms with Gasteiger partial charge in [0, 0.05) is 12.5 Å². The first-order chi connectivity index (χ1) is 12.2. The molecule has 4 heteroatoms. The van der Waals surface area contributed by atoms with Gasteiger partial charge in [-0.2, -0.15) is 0 Å². The first kappa shape index (κ1) is 18.2. The van der Waals surface area contributed by atoms with E-state index in [1.54, 1.807) is 0 Å². The zero-order valence-corrected chi connectivity index (χ0v) is 15.7. The quantitative estimate of drug-likeness (QED) is 0.780. The summed E-state index contributed by atoms with van der Waals surface area (Å²) in [6.45, 7) is 7.69. The van der Waals surface area contributed by atoms with Crippen molar-refractivity contribution in [1.29, 1.82) is 0 Å². The highest BCUT2D eigenvalue weighted by Gasteiger charge is 2.33. The first-order valence-corrected chi connectivity index (χ1v) is 9.93. The Morgan fingerprint density at radius 2 is 1.88 bits per heavy atom. The Kier molecular flexibility index (Phi) is 6.35. The van der Waals surface area contributed by atoms with Crippen LogP contribution in [0.4, 0.5) is 0 Å². The SMILES string of the molecule is CCOc1ccc(C(CNC(=O)C(C)C2CC2)N2CCCCC2)cc1. The smallest absolute Gasteiger partial charge is 0.223 e. The molecule has 1 aromatic carbocycles. The minimum Gasteiger partial charge on any atom is -0.494 e. The molecule has 2 aliphatic rings. The van der Waals surface area contributed by atoms with Crippen LogP contribution in [-0.2, 0) is 4.79 Å². The van der Waals surface area contributed by atoms with Crippen LogP contribution in [0.25, 0.3) is 0 Å². The van der Waals surface area contributed by atoms with Gasteiger partial charge in [0.1, 0.15) is 5.75 Å². The molecule has 4 nitrogen and oxygen atoms in total. The second-order valence-corrected chi connectivity index (χ2v) is 7.49. The van der Waals surface area contributed by atoms with Gasteiger partial charge >= 0.3 is 0 Å². The standard InChI is InChI=1S/C21H32N2O2/c1-3-25-19-11-9-18(10-12-19)20(23-13-5-4-6-14-23)15-22-21(24)16(2)17-7-8-17/h9-12,16-17,20H,3-8,13-15H2,1-2H3,(H,22,24). The number of nitrogens with zero attached hydrogens (tertiary/aromatic N) is 1. The van der Waals surface area contributed by atoms with Crippen molar-refractivity contribution >= 4 is 5.91 Å². The van der Waals surface area contributed by atoms with E-state index >= 15 is 0 Å². The van der Waals surface area contributed by atoms with Gasteiger partial charge in [-0.15, -0.1) is 0 Å². The van der Waals surface area contributed by atoms with Crippen LogP contribution in [0.5, 0.6) is 5.75 Å². The van der Waals surface area contributed by atoms with Crippen molar-refractivity contribution in [3.05, 3.63) is 29.8 Å². The molecule has 1 saturated carbocycles. The molecule has 0 bridgehead atoms. The molecule has 2 atom stereocenters. The van der Waals surface area contributed by atoms with Crippen molar-refractivity contribution in [1.82, 2.24) is 10.2 Å². The summed E-state index contributed by atoms with van der Waals surface area (Å²) in [6, 6.07) is 8.65. The number of carbonyl (C=O) groups is 1. The van der Waals surface area contributed by atoms with Crippen molar-refractivity contribution < 1.29 is 9.53 Å². The Hall–Kier alpha value is -1.55. The molecule has 0 radical (unpaired) electrons. The van der Waals surface area contributed by atoms with E-state index in [9.17, 15) is 4.79 Å². The maximum atomic E-state index is 12.4. The molecule has 0 spiro atoms. The fraction of sp³-hybridized carbons (Fsp3) is 0.667. The molecule has 1 heterocycles. The third-order valence-corrected chi connectivity index (χ3v) is 5.62. The molecule has 1 aliphatic carbocycles. The van der Waals surface area contributed by atoms with Gasteiger partial charge < -0.3 is 10.1 Å². The zero-order valence-electron chi connectivity index (χ0n) is 15.7. The van der Waals surface area contributed by atoms with Crippen molar-refractivity contribution in [2.45, 2.75) is 52.0 Å². The average molecular weight is 344 g/mol. The fourth-order valence-electron chi connectivity index (χ4n) is 3.81. The lowest BCUT2D eigenvalue weighted by atomic mass is 10.0. The van der Waals surface area contributed by atoms with Crippen molar-refractivity contribution in [3.8, 4) is 5.75 Å². The van der Waals surface area contributed by atoms with Gasteiger partial charge in [0.2, 0.25) is 5.91 Å². The molecule has 2 fully saturated rings. The molecule has 25 heavy (non-hydrogen) atoms. The third kappa shape index (κ3) is 4.97. The lowest BCUT2D eigenvalue weighted by Crippen LogP contribution is -2.42. The van der Waals surface area contributed by atoms with Gasteiger partial charge in [-0.3, -0.25) is 9.69 Å². The number of ether oxygens (including phenoxy) is 1. The molecule has 1 amide bonds. The molecule has 2 unspecified atom stereocenters. The number of rotatable bonds is 8. The Morgan fingerprint density at radius 1 is 1.20 bits per heavy atom. The van der Waals surface area contributed by atoms with E-state index < -0.39 is 0 Å². The molecule has 1 aromatic rings. The number of hydrogen-bond donors (Lipinski definition) is 1. The van der Waals surface area contributed by atoms with Crippen LogP contribution >= 0.6 is 0 Å². The van der Waals surface area contributed by atoms with Crippen LogP contribution in [-0.4, -0.2) is 37.0 Å². The molecule has 3 rings (SSSR count). The van der Waals surface area contributed by atoms with Crippen LogP contribution in [0, 0.1) is 11.8 Å². The second kappa shape index (κ2) is 8.70. The largest absolute Gasteiger partial charge is 0.494 e. The number of carbonyl (C=O) groups excluding carboxylic acids is 1. The zero-order chi connectivity index (χ0) is 17.6. The van der Waals surface area contributed by atoms with E-state index in [2.05, 4.69) is 29.3 Å². The third-order valence-electron chi connectivity index (χ3n) is 5.62. The van der Waals surface area contributed by atoms with Gasteiger partial charge in [0.25, 0.3) is 0 Å². The summed E-state index contributed by atoms with van der Waals surface area (Å²) < 4.78 is 5.57. The number of likely N-dealkylation sites (tertiary alicyclic amines) is 1. The predicted octanol–water partition coefficient (Wildman–Crippen LogP) is 3.77. The number of hydrogen-bond acceptors (Lipinski definition) is 3. The highest BCUT2D eigenvalue weighted by atomic mass is 16.5. The normalized spacial score (nSPS) is 20.7. The highest BCUT2D eigenvalue weighted by Crippen LogP contribution is 2.36. The Bertz CT molecular complexity index is 548. The Labute approximate surface area is 151 Å². The number of piperidine rings is 1. The molecular formula is C21H32N2O2. The van der Waals surface area contributed by atoms with E-state index in [-0.39, 0.29) is 17.9 Å². The minimum atomic E-state index is 0.155. The number of nitrogens with one attached hydrogen (secondary N) is 1. The predicted molar refractivity (Wildman–Crippen MR) is 101 cm³/mol. The van der Waals surface area contributed by atoms with Crippen LogP contribution in [0.15, 0.2) is 24.3 Å². The molecule has 1 aliphatic heterocycles. The summed E-state index contributed by atoms with van der Waals surface area (Å²) in [6.07, 6.45) is 6.24.